The largest absolute Gasteiger partial charge is 0.462 e. The molecule has 3 aromatic rings. The maximum Gasteiger partial charge on any atom is 0.348 e. The van der Waals surface area contributed by atoms with E-state index < -0.39 is 0 Å². The van der Waals surface area contributed by atoms with Crippen molar-refractivity contribution in [1.82, 2.24) is 14.9 Å². The molecule has 8 heteroatoms. The van der Waals surface area contributed by atoms with E-state index >= 15 is 0 Å². The third-order valence-electron chi connectivity index (χ3n) is 5.58. The third-order valence-corrected chi connectivity index (χ3v) is 6.74. The summed E-state index contributed by atoms with van der Waals surface area (Å²) in [5.74, 6) is 1.21. The van der Waals surface area contributed by atoms with Crippen LogP contribution in [0.2, 0.25) is 0 Å². The minimum atomic E-state index is -0.289. The summed E-state index contributed by atoms with van der Waals surface area (Å²) in [7, 11) is 0. The zero-order chi connectivity index (χ0) is 21.8. The molecule has 0 bridgehead atoms. The van der Waals surface area contributed by atoms with Crippen LogP contribution in [0.4, 0.5) is 11.5 Å². The minimum absolute atomic E-state index is 0.289. The van der Waals surface area contributed by atoms with Gasteiger partial charge >= 0.3 is 5.97 Å². The second-order valence-corrected chi connectivity index (χ2v) is 8.67. The van der Waals surface area contributed by atoms with E-state index in [1.54, 1.807) is 0 Å². The number of carbonyl (C=O) groups is 1. The van der Waals surface area contributed by atoms with Crippen molar-refractivity contribution in [2.75, 3.05) is 56.1 Å². The number of nitrogens with one attached hydrogen (secondary N) is 1. The van der Waals surface area contributed by atoms with Crippen molar-refractivity contribution in [2.45, 2.75) is 20.8 Å². The maximum atomic E-state index is 12.3. The fourth-order valence-corrected chi connectivity index (χ4v) is 5.09. The Hall–Kier alpha value is -2.71. The fourth-order valence-electron chi connectivity index (χ4n) is 3.97. The summed E-state index contributed by atoms with van der Waals surface area (Å²) in [6, 6.07) is 10.6. The fraction of sp³-hybridized carbons (Fsp3) is 0.435. The molecule has 7 nitrogen and oxygen atoms in total. The Morgan fingerprint density at radius 1 is 1.13 bits per heavy atom. The predicted octanol–water partition coefficient (Wildman–Crippen LogP) is 3.72. The monoisotopic (exact) mass is 439 g/mol. The molecule has 0 aliphatic carbocycles. The smallest absolute Gasteiger partial charge is 0.348 e. The van der Waals surface area contributed by atoms with Crippen LogP contribution in [0, 0.1) is 13.8 Å². The number of benzene rings is 1. The summed E-state index contributed by atoms with van der Waals surface area (Å²) in [4.78, 5) is 27.8. The van der Waals surface area contributed by atoms with Crippen LogP contribution in [0.3, 0.4) is 0 Å². The predicted molar refractivity (Wildman–Crippen MR) is 126 cm³/mol. The number of rotatable bonds is 7. The van der Waals surface area contributed by atoms with Crippen molar-refractivity contribution < 1.29 is 9.53 Å². The highest BCUT2D eigenvalue weighted by Crippen LogP contribution is 2.34. The number of aryl methyl sites for hydroxylation is 2. The Kier molecular flexibility index (Phi) is 6.67. The number of hydrogen-bond donors (Lipinski definition) is 1. The van der Waals surface area contributed by atoms with Gasteiger partial charge in [0, 0.05) is 45.0 Å². The van der Waals surface area contributed by atoms with Crippen LogP contribution in [0.5, 0.6) is 0 Å². The number of carbonyl (C=O) groups excluding carboxylic acids is 1. The van der Waals surface area contributed by atoms with Crippen LogP contribution in [0.1, 0.15) is 28.0 Å². The standard InChI is InChI=1S/C23H29N5O2S/c1-4-30-23(29)20-16(2)19-21(25-17(3)26-22(19)31-20)24-10-11-27-12-14-28(15-13-27)18-8-6-5-7-9-18/h5-9H,4,10-15H2,1-3H3,(H,24,25,26). The van der Waals surface area contributed by atoms with Crippen molar-refractivity contribution in [1.29, 1.82) is 0 Å². The summed E-state index contributed by atoms with van der Waals surface area (Å²) in [5, 5.41) is 4.42. The second kappa shape index (κ2) is 9.62. The molecule has 0 unspecified atom stereocenters. The van der Waals surface area contributed by atoms with Gasteiger partial charge in [0.1, 0.15) is 21.3 Å². The van der Waals surface area contributed by atoms with E-state index in [0.717, 1.165) is 60.9 Å². The van der Waals surface area contributed by atoms with Crippen molar-refractivity contribution in [3.8, 4) is 0 Å². The zero-order valence-corrected chi connectivity index (χ0v) is 19.2. The summed E-state index contributed by atoms with van der Waals surface area (Å²) in [6.45, 7) is 11.9. The normalized spacial score (nSPS) is 14.7. The molecule has 0 amide bonds. The van der Waals surface area contributed by atoms with Gasteiger partial charge in [0.2, 0.25) is 0 Å². The Labute approximate surface area is 187 Å². The zero-order valence-electron chi connectivity index (χ0n) is 18.4. The number of nitrogens with zero attached hydrogens (tertiary/aromatic N) is 4. The van der Waals surface area contributed by atoms with Crippen LogP contribution in [0.25, 0.3) is 10.2 Å². The lowest BCUT2D eigenvalue weighted by Crippen LogP contribution is -2.47. The lowest BCUT2D eigenvalue weighted by Gasteiger charge is -2.36. The highest BCUT2D eigenvalue weighted by atomic mass is 32.1. The van der Waals surface area contributed by atoms with E-state index in [1.807, 2.05) is 20.8 Å². The number of hydrogen-bond acceptors (Lipinski definition) is 8. The number of anilines is 2. The number of ether oxygens (including phenoxy) is 1. The molecule has 2 aromatic heterocycles. The molecule has 3 heterocycles. The van der Waals surface area contributed by atoms with E-state index in [9.17, 15) is 4.79 Å². The summed E-state index contributed by atoms with van der Waals surface area (Å²) >= 11 is 1.38. The van der Waals surface area contributed by atoms with Gasteiger partial charge in [-0.1, -0.05) is 18.2 Å². The topological polar surface area (TPSA) is 70.6 Å². The molecule has 0 saturated carbocycles. The van der Waals surface area contributed by atoms with Gasteiger partial charge in [-0.25, -0.2) is 14.8 Å². The number of piperazine rings is 1. The lowest BCUT2D eigenvalue weighted by molar-refractivity contribution is 0.0531. The van der Waals surface area contributed by atoms with Crippen LogP contribution in [0.15, 0.2) is 30.3 Å². The molecule has 0 radical (unpaired) electrons. The van der Waals surface area contributed by atoms with E-state index in [0.29, 0.717) is 17.3 Å². The molecule has 1 aromatic carbocycles. The van der Waals surface area contributed by atoms with Gasteiger partial charge in [0.05, 0.1) is 12.0 Å². The van der Waals surface area contributed by atoms with Gasteiger partial charge in [-0.05, 0) is 38.5 Å². The Balaban J connectivity index is 1.39. The number of para-hydroxylation sites is 1. The van der Waals surface area contributed by atoms with E-state index in [2.05, 4.69) is 55.4 Å². The van der Waals surface area contributed by atoms with Crippen molar-refractivity contribution in [2.24, 2.45) is 0 Å². The maximum absolute atomic E-state index is 12.3. The molecular weight excluding hydrogens is 410 g/mol. The third kappa shape index (κ3) is 4.80. The second-order valence-electron chi connectivity index (χ2n) is 7.67. The molecule has 164 valence electrons. The first kappa shape index (κ1) is 21.5. The van der Waals surface area contributed by atoms with Crippen molar-refractivity contribution in [3.05, 3.63) is 46.6 Å². The molecule has 4 rings (SSSR count). The van der Waals surface area contributed by atoms with Gasteiger partial charge in [-0.2, -0.15) is 0 Å². The van der Waals surface area contributed by atoms with Crippen LogP contribution in [-0.4, -0.2) is 66.7 Å². The number of esters is 1. The highest BCUT2D eigenvalue weighted by Gasteiger charge is 2.21. The summed E-state index contributed by atoms with van der Waals surface area (Å²) < 4.78 is 5.20. The Bertz CT molecular complexity index is 1050. The van der Waals surface area contributed by atoms with E-state index in [1.165, 1.54) is 17.0 Å². The number of aromatic nitrogens is 2. The molecule has 1 N–H and O–H groups in total. The average Bonchev–Trinajstić information content (AvgIpc) is 3.11. The van der Waals surface area contributed by atoms with Gasteiger partial charge in [0.15, 0.2) is 0 Å². The van der Waals surface area contributed by atoms with Gasteiger partial charge in [-0.15, -0.1) is 11.3 Å². The minimum Gasteiger partial charge on any atom is -0.462 e. The first-order valence-electron chi connectivity index (χ1n) is 10.8. The Morgan fingerprint density at radius 2 is 1.87 bits per heavy atom. The van der Waals surface area contributed by atoms with E-state index in [-0.39, 0.29) is 5.97 Å². The van der Waals surface area contributed by atoms with Crippen molar-refractivity contribution in [3.63, 3.8) is 0 Å². The van der Waals surface area contributed by atoms with Crippen LogP contribution in [-0.2, 0) is 4.74 Å². The molecule has 31 heavy (non-hydrogen) atoms. The summed E-state index contributed by atoms with van der Waals surface area (Å²) in [5.41, 5.74) is 2.18. The van der Waals surface area contributed by atoms with Crippen LogP contribution >= 0.6 is 11.3 Å². The van der Waals surface area contributed by atoms with E-state index in [4.69, 9.17) is 4.74 Å². The highest BCUT2D eigenvalue weighted by molar-refractivity contribution is 7.20. The molecular formula is C23H29N5O2S. The first-order valence-corrected chi connectivity index (χ1v) is 11.6. The first-order chi connectivity index (χ1) is 15.1. The molecule has 0 atom stereocenters. The molecule has 0 spiro atoms. The molecule has 1 aliphatic rings. The van der Waals surface area contributed by atoms with Gasteiger partial charge < -0.3 is 15.0 Å². The quantitative estimate of drug-likeness (QED) is 0.563. The van der Waals surface area contributed by atoms with Gasteiger partial charge in [0.25, 0.3) is 0 Å². The summed E-state index contributed by atoms with van der Waals surface area (Å²) in [6.07, 6.45) is 0. The molecule has 1 fully saturated rings. The number of fused-ring (bicyclic) bond motifs is 1. The molecule has 1 saturated heterocycles. The SMILES string of the molecule is CCOC(=O)c1sc2nc(C)nc(NCCN3CCN(c4ccccc4)CC3)c2c1C. The Morgan fingerprint density at radius 3 is 2.58 bits per heavy atom. The van der Waals surface area contributed by atoms with Crippen LogP contribution < -0.4 is 10.2 Å². The van der Waals surface area contributed by atoms with Gasteiger partial charge in [-0.3, -0.25) is 4.90 Å². The molecule has 1 aliphatic heterocycles. The number of thiophene rings is 1. The van der Waals surface area contributed by atoms with Crippen molar-refractivity contribution >= 4 is 39.0 Å². The average molecular weight is 440 g/mol. The lowest BCUT2D eigenvalue weighted by atomic mass is 10.2.